The van der Waals surface area contributed by atoms with Crippen LogP contribution in [-0.4, -0.2) is 108 Å². The van der Waals surface area contributed by atoms with E-state index in [0.29, 0.717) is 41.5 Å². The quantitative estimate of drug-likeness (QED) is 0.205. The second-order valence-electron chi connectivity index (χ2n) is 19.4. The van der Waals surface area contributed by atoms with E-state index in [4.69, 9.17) is 65.8 Å². The molecule has 28 heteroatoms. The predicted octanol–water partition coefficient (Wildman–Crippen LogP) is 2.49. The fourth-order valence-corrected chi connectivity index (χ4v) is 68.8. The first-order valence-electron chi connectivity index (χ1n) is 26.4. The molecule has 8 heterocycles. The minimum absolute atomic E-state index is 0.477. The molecule has 80 heavy (non-hydrogen) atoms. The molecular weight excluding hydrogens is 1220 g/mol. The van der Waals surface area contributed by atoms with Gasteiger partial charge in [-0.3, -0.25) is 0 Å². The molecule has 408 valence electrons. The molecule has 0 amide bonds. The molecule has 0 aromatic heterocycles. The standard InChI is InChI=1S/C52H56O16Si12/c1-69-53-70(2)56-74(46-31-15-6-16-32-46)61-79(51-41-25-11-26-42-51)65-76(48-35-19-8-20-36-48)58-72(4)54-71(3)57-75(47-33-17-7-18-34-47)63-77(67-79,49-37-21-9-22-38-49)59-73(55-69,45-29-13-5-14-30-45)60-78(64-75,50-39-23-10-24-40-50)68-80(62-74,66-76)52-43-27-12-28-44-52/h5-44,69-72H,1-4H3. The first-order chi connectivity index (χ1) is 38.9. The Balaban J connectivity index is 1.30. The highest BCUT2D eigenvalue weighted by Gasteiger charge is 2.81. The first kappa shape index (κ1) is 54.9. The molecule has 4 unspecified atom stereocenters. The SMILES string of the molecule is C[SiH]1O[SiH](C)O[Si]2(c3ccccc3)O[Si]3(c4ccccc4)O[Si]4(c5ccccc5)O[SiH](C)O[SiH](C)O[Si]5(c6ccccc6)O[Si](c6ccccc6)(O[Si](c6ccccc6)(O1)O[Si](c1ccccc1)(O5)O[Si](c1ccccc1)(O2)O4)O3. The molecule has 16 rings (SSSR count). The van der Waals surface area contributed by atoms with Crippen molar-refractivity contribution in [3.05, 3.63) is 243 Å². The van der Waals surface area contributed by atoms with Crippen molar-refractivity contribution in [3.8, 4) is 0 Å². The van der Waals surface area contributed by atoms with E-state index in [1.165, 1.54) is 0 Å². The fraction of sp³-hybridized carbons (Fsp3) is 0.0769. The van der Waals surface area contributed by atoms with Gasteiger partial charge in [-0.1, -0.05) is 243 Å². The van der Waals surface area contributed by atoms with Gasteiger partial charge in [-0.25, -0.2) is 0 Å². The van der Waals surface area contributed by atoms with E-state index in [9.17, 15) is 0 Å². The highest BCUT2D eigenvalue weighted by Crippen LogP contribution is 2.44. The molecule has 0 saturated carbocycles. The van der Waals surface area contributed by atoms with Crippen LogP contribution >= 0.6 is 0 Å². The Morgan fingerprint density at radius 3 is 0.463 bits per heavy atom. The maximum Gasteiger partial charge on any atom is 0.515 e. The number of fused-ring (bicyclic) bond motifs is 8. The van der Waals surface area contributed by atoms with Crippen molar-refractivity contribution in [2.45, 2.75) is 26.2 Å². The normalized spacial score (nSPS) is 35.4. The van der Waals surface area contributed by atoms with E-state index >= 15 is 0 Å². The minimum atomic E-state index is -5.17. The molecule has 8 fully saturated rings. The van der Waals surface area contributed by atoms with Crippen LogP contribution in [0.4, 0.5) is 0 Å². The average Bonchev–Trinajstić information content (AvgIpc) is 3.47. The van der Waals surface area contributed by atoms with Crippen LogP contribution in [0.2, 0.25) is 26.2 Å². The van der Waals surface area contributed by atoms with Crippen molar-refractivity contribution < 1.29 is 65.8 Å². The van der Waals surface area contributed by atoms with Crippen molar-refractivity contribution in [1.82, 2.24) is 0 Å². The van der Waals surface area contributed by atoms with E-state index in [2.05, 4.69) is 0 Å². The third-order valence-electron chi connectivity index (χ3n) is 13.8. The van der Waals surface area contributed by atoms with E-state index in [-0.39, 0.29) is 0 Å². The van der Waals surface area contributed by atoms with Gasteiger partial charge < -0.3 is 65.8 Å². The molecule has 16 nitrogen and oxygen atoms in total. The summed E-state index contributed by atoms with van der Waals surface area (Å²) < 4.78 is 130. The average molecular weight is 1270 g/mol. The topological polar surface area (TPSA) is 148 Å². The van der Waals surface area contributed by atoms with Crippen LogP contribution in [0, 0.1) is 0 Å². The van der Waals surface area contributed by atoms with Crippen LogP contribution in [0.3, 0.4) is 0 Å². The van der Waals surface area contributed by atoms with Gasteiger partial charge in [0, 0.05) is 41.5 Å². The fourth-order valence-electron chi connectivity index (χ4n) is 10.4. The molecule has 8 aliphatic rings. The number of hydrogen-bond donors (Lipinski definition) is 0. The van der Waals surface area contributed by atoms with Crippen molar-refractivity contribution in [3.63, 3.8) is 0 Å². The van der Waals surface area contributed by atoms with Crippen molar-refractivity contribution in [1.29, 1.82) is 0 Å². The highest BCUT2D eigenvalue weighted by molar-refractivity contribution is 7.11. The van der Waals surface area contributed by atoms with Gasteiger partial charge in [0.1, 0.15) is 0 Å². The Hall–Kier alpha value is -4.28. The van der Waals surface area contributed by atoms with Gasteiger partial charge in [-0.05, 0) is 26.2 Å². The summed E-state index contributed by atoms with van der Waals surface area (Å²) in [6.07, 6.45) is 0. The van der Waals surface area contributed by atoms with Crippen LogP contribution in [0.1, 0.15) is 0 Å². The predicted molar refractivity (Wildman–Crippen MR) is 324 cm³/mol. The molecule has 8 aliphatic heterocycles. The lowest BCUT2D eigenvalue weighted by atomic mass is 10.4. The van der Waals surface area contributed by atoms with Crippen molar-refractivity contribution in [2.24, 2.45) is 0 Å². The summed E-state index contributed by atoms with van der Waals surface area (Å²) in [5.41, 5.74) is 0. The molecule has 4 atom stereocenters. The Morgan fingerprint density at radius 1 is 0.188 bits per heavy atom. The second-order valence-corrected chi connectivity index (χ2v) is 51.6. The van der Waals surface area contributed by atoms with E-state index in [1.807, 2.05) is 269 Å². The zero-order valence-electron chi connectivity index (χ0n) is 43.9. The third kappa shape index (κ3) is 10.2. The monoisotopic (exact) mass is 1270 g/mol. The zero-order valence-corrected chi connectivity index (χ0v) is 56.6. The van der Waals surface area contributed by atoms with Gasteiger partial charge in [0.25, 0.3) is 0 Å². The van der Waals surface area contributed by atoms with Gasteiger partial charge in [0.05, 0.1) is 0 Å². The lowest BCUT2D eigenvalue weighted by molar-refractivity contribution is 0.0412. The van der Waals surface area contributed by atoms with Gasteiger partial charge in [0.15, 0.2) is 0 Å². The highest BCUT2D eigenvalue weighted by atomic mass is 28.6. The molecule has 8 aromatic carbocycles. The Bertz CT molecular complexity index is 2920. The van der Waals surface area contributed by atoms with E-state index in [0.717, 1.165) is 0 Å². The van der Waals surface area contributed by atoms with Gasteiger partial charge in [0.2, 0.25) is 0 Å². The van der Waals surface area contributed by atoms with Gasteiger partial charge >= 0.3 is 108 Å². The van der Waals surface area contributed by atoms with Crippen LogP contribution in [-0.2, 0) is 65.8 Å². The summed E-state index contributed by atoms with van der Waals surface area (Å²) in [5.74, 6) is 0. The number of benzene rings is 8. The summed E-state index contributed by atoms with van der Waals surface area (Å²) in [5, 5.41) is 4.07. The van der Waals surface area contributed by atoms with Crippen LogP contribution in [0.5, 0.6) is 0 Å². The lowest BCUT2D eigenvalue weighted by Gasteiger charge is -2.58. The Labute approximate surface area is 480 Å². The van der Waals surface area contributed by atoms with Crippen LogP contribution in [0.15, 0.2) is 243 Å². The molecule has 0 N–H and O–H groups in total. The third-order valence-corrected chi connectivity index (χ3v) is 60.0. The van der Waals surface area contributed by atoms with Crippen LogP contribution < -0.4 is 41.5 Å². The molecule has 0 radical (unpaired) electrons. The maximum atomic E-state index is 8.53. The second kappa shape index (κ2) is 22.0. The summed E-state index contributed by atoms with van der Waals surface area (Å²) in [7, 11) is -52.2. The van der Waals surface area contributed by atoms with Gasteiger partial charge in [-0.15, -0.1) is 0 Å². The minimum Gasteiger partial charge on any atom is -0.420 e. The maximum absolute atomic E-state index is 8.53. The van der Waals surface area contributed by atoms with Gasteiger partial charge in [-0.2, -0.15) is 0 Å². The molecule has 0 spiro atoms. The zero-order chi connectivity index (χ0) is 54.5. The molecule has 8 saturated heterocycles. The van der Waals surface area contributed by atoms with Crippen molar-refractivity contribution in [2.75, 3.05) is 0 Å². The van der Waals surface area contributed by atoms with E-state index in [1.54, 1.807) is 0 Å². The summed E-state index contributed by atoms with van der Waals surface area (Å²) in [6, 6.07) is 76.6. The van der Waals surface area contributed by atoms with Crippen molar-refractivity contribution >= 4 is 149 Å². The Kier molecular flexibility index (Phi) is 15.1. The number of rotatable bonds is 8. The largest absolute Gasteiger partial charge is 0.515 e. The number of hydrogen-bond acceptors (Lipinski definition) is 16. The first-order valence-corrected chi connectivity index (χ1v) is 48.6. The molecule has 0 aliphatic carbocycles. The smallest absolute Gasteiger partial charge is 0.420 e. The van der Waals surface area contributed by atoms with Crippen LogP contribution in [0.25, 0.3) is 0 Å². The Morgan fingerprint density at radius 2 is 0.312 bits per heavy atom. The summed E-state index contributed by atoms with van der Waals surface area (Å²) in [6.45, 7) is 7.76. The molecule has 8 bridgehead atoms. The molecule has 8 aromatic rings. The van der Waals surface area contributed by atoms with E-state index < -0.39 is 108 Å². The summed E-state index contributed by atoms with van der Waals surface area (Å²) in [4.78, 5) is 0. The lowest BCUT2D eigenvalue weighted by Crippen LogP contribution is -2.91. The summed E-state index contributed by atoms with van der Waals surface area (Å²) >= 11 is 0. The molecular formula is C52H56O16Si12.